The van der Waals surface area contributed by atoms with Gasteiger partial charge in [0.2, 0.25) is 10.0 Å². The molecule has 2 aromatic rings. The summed E-state index contributed by atoms with van der Waals surface area (Å²) in [5.74, 6) is 0.569. The third-order valence-corrected chi connectivity index (χ3v) is 8.44. The molecule has 0 radical (unpaired) electrons. The second-order valence-corrected chi connectivity index (χ2v) is 11.1. The Morgan fingerprint density at radius 2 is 1.89 bits per heavy atom. The highest BCUT2D eigenvalue weighted by Gasteiger charge is 2.44. The first-order valence-electron chi connectivity index (χ1n) is 11.9. The fourth-order valence-electron chi connectivity index (χ4n) is 4.50. The van der Waals surface area contributed by atoms with Crippen LogP contribution in [-0.4, -0.2) is 77.2 Å². The Kier molecular flexibility index (Phi) is 8.47. The zero-order valence-electron chi connectivity index (χ0n) is 20.4. The van der Waals surface area contributed by atoms with Crippen LogP contribution in [0.15, 0.2) is 59.5 Å². The predicted octanol–water partition coefficient (Wildman–Crippen LogP) is 1.74. The fourth-order valence-corrected chi connectivity index (χ4v) is 5.71. The highest BCUT2D eigenvalue weighted by atomic mass is 32.2. The lowest BCUT2D eigenvalue weighted by Crippen LogP contribution is -2.54. The van der Waals surface area contributed by atoms with E-state index in [2.05, 4.69) is 5.32 Å². The van der Waals surface area contributed by atoms with Crippen LogP contribution in [0.3, 0.4) is 0 Å². The zero-order valence-corrected chi connectivity index (χ0v) is 21.2. The van der Waals surface area contributed by atoms with E-state index in [0.717, 1.165) is 12.0 Å². The number of likely N-dealkylation sites (N-methyl/N-ethyl adjacent to an activating group) is 1. The monoisotopic (exact) mass is 519 g/mol. The number of carbonyl (C=O) groups excluding carboxylic acids is 1. The molecule has 2 heterocycles. The van der Waals surface area contributed by atoms with Gasteiger partial charge >= 0.3 is 6.09 Å². The zero-order chi connectivity index (χ0) is 25.7. The third-order valence-electron chi connectivity index (χ3n) is 6.60. The summed E-state index contributed by atoms with van der Waals surface area (Å²) in [7, 11) is -0.820. The SMILES string of the molecule is COc1ccc(S(=O)(=O)N(C)C[C@@H](N)[C@H](Cc2ccccc2)NC(=O)O[C@H]2CO[C@H]3OCC[C@H]32)cc1. The Bertz CT molecular complexity index is 1110. The molecule has 10 nitrogen and oxygen atoms in total. The average Bonchev–Trinajstić information content (AvgIpc) is 3.49. The van der Waals surface area contributed by atoms with Crippen molar-refractivity contribution in [3.8, 4) is 5.75 Å². The van der Waals surface area contributed by atoms with Gasteiger partial charge in [0.25, 0.3) is 0 Å². The topological polar surface area (TPSA) is 129 Å². The first-order chi connectivity index (χ1) is 17.3. The van der Waals surface area contributed by atoms with Crippen molar-refractivity contribution in [3.63, 3.8) is 0 Å². The smallest absolute Gasteiger partial charge is 0.407 e. The Morgan fingerprint density at radius 1 is 1.17 bits per heavy atom. The maximum Gasteiger partial charge on any atom is 0.407 e. The largest absolute Gasteiger partial charge is 0.497 e. The highest BCUT2D eigenvalue weighted by Crippen LogP contribution is 2.33. The normalized spacial score (nSPS) is 23.2. The van der Waals surface area contributed by atoms with Crippen molar-refractivity contribution < 1.29 is 32.2 Å². The molecule has 4 rings (SSSR count). The van der Waals surface area contributed by atoms with E-state index in [1.807, 2.05) is 30.3 Å². The molecule has 3 N–H and O–H groups in total. The molecule has 0 spiro atoms. The molecule has 2 fully saturated rings. The van der Waals surface area contributed by atoms with Gasteiger partial charge in [-0.05, 0) is 42.7 Å². The number of rotatable bonds is 10. The van der Waals surface area contributed by atoms with Gasteiger partial charge in [-0.3, -0.25) is 0 Å². The summed E-state index contributed by atoms with van der Waals surface area (Å²) >= 11 is 0. The van der Waals surface area contributed by atoms with Crippen LogP contribution in [0.25, 0.3) is 0 Å². The molecule has 1 amide bonds. The van der Waals surface area contributed by atoms with Gasteiger partial charge < -0.3 is 30.0 Å². The van der Waals surface area contributed by atoms with Gasteiger partial charge in [-0.2, -0.15) is 4.31 Å². The summed E-state index contributed by atoms with van der Waals surface area (Å²) in [6.45, 7) is 0.839. The third kappa shape index (κ3) is 6.16. The van der Waals surface area contributed by atoms with Crippen LogP contribution in [0, 0.1) is 5.92 Å². The molecule has 5 atom stereocenters. The van der Waals surface area contributed by atoms with E-state index < -0.39 is 34.3 Å². The molecule has 196 valence electrons. The molecule has 11 heteroatoms. The summed E-state index contributed by atoms with van der Waals surface area (Å²) < 4.78 is 49.2. The molecule has 0 unspecified atom stereocenters. The number of nitrogens with zero attached hydrogens (tertiary/aromatic N) is 1. The minimum absolute atomic E-state index is 0.0118. The number of sulfonamides is 1. The second kappa shape index (κ2) is 11.6. The molecule has 0 aliphatic carbocycles. The molecule has 2 saturated heterocycles. The summed E-state index contributed by atoms with van der Waals surface area (Å²) in [6.07, 6.45) is -0.174. The van der Waals surface area contributed by atoms with Crippen molar-refractivity contribution in [1.82, 2.24) is 9.62 Å². The van der Waals surface area contributed by atoms with Gasteiger partial charge in [-0.1, -0.05) is 30.3 Å². The van der Waals surface area contributed by atoms with E-state index in [-0.39, 0.29) is 30.3 Å². The van der Waals surface area contributed by atoms with Crippen LogP contribution >= 0.6 is 0 Å². The van der Waals surface area contributed by atoms with Crippen LogP contribution in [0.5, 0.6) is 5.75 Å². The van der Waals surface area contributed by atoms with Gasteiger partial charge in [0.15, 0.2) is 6.29 Å². The molecule has 0 bridgehead atoms. The number of hydrogen-bond donors (Lipinski definition) is 2. The van der Waals surface area contributed by atoms with Crippen LogP contribution in [-0.2, 0) is 30.7 Å². The van der Waals surface area contributed by atoms with Crippen molar-refractivity contribution >= 4 is 16.1 Å². The number of nitrogens with two attached hydrogens (primary N) is 1. The lowest BCUT2D eigenvalue weighted by molar-refractivity contribution is -0.0907. The number of alkyl carbamates (subject to hydrolysis) is 1. The van der Waals surface area contributed by atoms with Gasteiger partial charge in [-0.25, -0.2) is 13.2 Å². The van der Waals surface area contributed by atoms with Gasteiger partial charge in [0, 0.05) is 19.6 Å². The number of methoxy groups -OCH3 is 1. The summed E-state index contributed by atoms with van der Waals surface area (Å²) in [4.78, 5) is 13.0. The molecule has 2 aliphatic rings. The van der Waals surface area contributed by atoms with Crippen molar-refractivity contribution in [2.75, 3.05) is 33.9 Å². The highest BCUT2D eigenvalue weighted by molar-refractivity contribution is 7.89. The minimum Gasteiger partial charge on any atom is -0.497 e. The van der Waals surface area contributed by atoms with Crippen LogP contribution < -0.4 is 15.8 Å². The van der Waals surface area contributed by atoms with Crippen molar-refractivity contribution in [1.29, 1.82) is 0 Å². The van der Waals surface area contributed by atoms with Gasteiger partial charge in [0.05, 0.1) is 37.2 Å². The standard InChI is InChI=1S/C25H33N3O7S/c1-28(36(30,31)19-10-8-18(32-2)9-11-19)15-21(26)22(14-17-6-4-3-5-7-17)27-25(29)35-23-16-34-24-20(23)12-13-33-24/h3-11,20-24H,12-16,26H2,1-2H3,(H,27,29)/t20-,21+,22-,23-,24+/m0/s1. The summed E-state index contributed by atoms with van der Waals surface area (Å²) in [5, 5.41) is 2.86. The van der Waals surface area contributed by atoms with E-state index in [0.29, 0.717) is 18.8 Å². The average molecular weight is 520 g/mol. The number of benzene rings is 2. The molecular formula is C25H33N3O7S. The first-order valence-corrected chi connectivity index (χ1v) is 13.3. The summed E-state index contributed by atoms with van der Waals surface area (Å²) in [5.41, 5.74) is 7.44. The fraction of sp³-hybridized carbons (Fsp3) is 0.480. The van der Waals surface area contributed by atoms with E-state index in [1.165, 1.54) is 30.6 Å². The predicted molar refractivity (Wildman–Crippen MR) is 132 cm³/mol. The first kappa shape index (κ1) is 26.4. The number of fused-ring (bicyclic) bond motifs is 1. The quantitative estimate of drug-likeness (QED) is 0.486. The lowest BCUT2D eigenvalue weighted by Gasteiger charge is -2.29. The van der Waals surface area contributed by atoms with E-state index in [9.17, 15) is 13.2 Å². The molecular weight excluding hydrogens is 486 g/mol. The molecule has 2 aromatic carbocycles. The van der Waals surface area contributed by atoms with Crippen LogP contribution in [0.4, 0.5) is 4.79 Å². The van der Waals surface area contributed by atoms with Gasteiger partial charge in [0.1, 0.15) is 11.9 Å². The number of ether oxygens (including phenoxy) is 4. The van der Waals surface area contributed by atoms with E-state index in [1.54, 1.807) is 12.1 Å². The molecule has 0 saturated carbocycles. The number of hydrogen-bond acceptors (Lipinski definition) is 8. The molecule has 36 heavy (non-hydrogen) atoms. The Morgan fingerprint density at radius 3 is 2.58 bits per heavy atom. The Balaban J connectivity index is 1.43. The Labute approximate surface area is 211 Å². The Hall–Kier alpha value is -2.70. The minimum atomic E-state index is -3.80. The molecule has 0 aromatic heterocycles. The lowest BCUT2D eigenvalue weighted by atomic mass is 10.00. The van der Waals surface area contributed by atoms with Gasteiger partial charge in [-0.15, -0.1) is 0 Å². The number of nitrogens with one attached hydrogen (secondary N) is 1. The number of carbonyl (C=O) groups is 1. The van der Waals surface area contributed by atoms with E-state index >= 15 is 0 Å². The number of amides is 1. The van der Waals surface area contributed by atoms with E-state index in [4.69, 9.17) is 24.7 Å². The maximum absolute atomic E-state index is 13.1. The van der Waals surface area contributed by atoms with Crippen molar-refractivity contribution in [2.24, 2.45) is 11.7 Å². The van der Waals surface area contributed by atoms with Crippen LogP contribution in [0.1, 0.15) is 12.0 Å². The maximum atomic E-state index is 13.1. The summed E-state index contributed by atoms with van der Waals surface area (Å²) in [6, 6.07) is 14.4. The molecule has 2 aliphatic heterocycles. The second-order valence-electron chi connectivity index (χ2n) is 9.03. The van der Waals surface area contributed by atoms with Crippen LogP contribution in [0.2, 0.25) is 0 Å². The van der Waals surface area contributed by atoms with Crippen molar-refractivity contribution in [2.45, 2.75) is 42.2 Å². The van der Waals surface area contributed by atoms with Crippen molar-refractivity contribution in [3.05, 3.63) is 60.2 Å².